The van der Waals surface area contributed by atoms with E-state index in [1.165, 1.54) is 0 Å². The zero-order valence-corrected chi connectivity index (χ0v) is 13.2. The molecule has 1 rings (SSSR count). The number of anilines is 1. The molecule has 1 aromatic rings. The van der Waals surface area contributed by atoms with Gasteiger partial charge in [0, 0.05) is 23.8 Å². The molecule has 0 unspecified atom stereocenters. The van der Waals surface area contributed by atoms with E-state index in [0.717, 1.165) is 6.42 Å². The third-order valence-corrected chi connectivity index (χ3v) is 2.98. The van der Waals surface area contributed by atoms with Crippen LogP contribution in [0.25, 0.3) is 0 Å². The van der Waals surface area contributed by atoms with Crippen LogP contribution in [0.1, 0.15) is 26.7 Å². The van der Waals surface area contributed by atoms with Crippen molar-refractivity contribution in [1.29, 1.82) is 0 Å². The molecule has 0 bridgehead atoms. The molecular formula is C15H21ClN2O3. The molecule has 1 N–H and O–H groups in total. The van der Waals surface area contributed by atoms with Crippen LogP contribution in [0, 0.1) is 0 Å². The van der Waals surface area contributed by atoms with E-state index in [2.05, 4.69) is 5.32 Å². The van der Waals surface area contributed by atoms with Crippen LogP contribution in [-0.2, 0) is 9.53 Å². The first-order chi connectivity index (χ1) is 10.1. The summed E-state index contributed by atoms with van der Waals surface area (Å²) in [7, 11) is 0. The maximum absolute atomic E-state index is 12.2. The maximum Gasteiger partial charge on any atom is 0.321 e. The highest BCUT2D eigenvalue weighted by atomic mass is 35.5. The normalized spacial score (nSPS) is 10.0. The summed E-state index contributed by atoms with van der Waals surface area (Å²) in [5.41, 5.74) is 0.629. The molecule has 0 fully saturated rings. The van der Waals surface area contributed by atoms with Crippen LogP contribution in [-0.4, -0.2) is 36.6 Å². The van der Waals surface area contributed by atoms with Crippen molar-refractivity contribution in [2.45, 2.75) is 26.7 Å². The molecule has 21 heavy (non-hydrogen) atoms. The quantitative estimate of drug-likeness (QED) is 0.783. The minimum absolute atomic E-state index is 0.191. The molecule has 0 aliphatic heterocycles. The van der Waals surface area contributed by atoms with E-state index in [0.29, 0.717) is 30.4 Å². The van der Waals surface area contributed by atoms with E-state index >= 15 is 0 Å². The molecule has 0 aromatic heterocycles. The van der Waals surface area contributed by atoms with Gasteiger partial charge < -0.3 is 15.0 Å². The Bertz CT molecular complexity index is 480. The summed E-state index contributed by atoms with van der Waals surface area (Å²) in [5.74, 6) is -0.297. The van der Waals surface area contributed by atoms with Gasteiger partial charge in [-0.15, -0.1) is 0 Å². The van der Waals surface area contributed by atoms with Crippen molar-refractivity contribution in [3.8, 4) is 0 Å². The summed E-state index contributed by atoms with van der Waals surface area (Å²) < 4.78 is 4.87. The average Bonchev–Trinajstić information content (AvgIpc) is 2.43. The Morgan fingerprint density at radius 2 is 2.05 bits per heavy atom. The molecule has 2 amide bonds. The average molecular weight is 313 g/mol. The molecule has 1 aromatic carbocycles. The van der Waals surface area contributed by atoms with Crippen LogP contribution >= 0.6 is 11.6 Å². The summed E-state index contributed by atoms with van der Waals surface area (Å²) in [6.07, 6.45) is 1.00. The zero-order chi connectivity index (χ0) is 15.7. The standard InChI is InChI=1S/C15H21ClN2O3/c1-3-9-18(10-8-14(19)21-4-2)15(20)17-13-7-5-6-12(16)11-13/h5-7,11H,3-4,8-10H2,1-2H3,(H,17,20). The molecule has 0 aliphatic rings. The molecular weight excluding hydrogens is 292 g/mol. The largest absolute Gasteiger partial charge is 0.466 e. The number of halogens is 1. The Morgan fingerprint density at radius 3 is 2.67 bits per heavy atom. The summed E-state index contributed by atoms with van der Waals surface area (Å²) >= 11 is 5.88. The van der Waals surface area contributed by atoms with Crippen LogP contribution in [0.4, 0.5) is 10.5 Å². The molecule has 0 spiro atoms. The number of esters is 1. The number of nitrogens with zero attached hydrogens (tertiary/aromatic N) is 1. The van der Waals surface area contributed by atoms with Gasteiger partial charge in [-0.1, -0.05) is 24.6 Å². The van der Waals surface area contributed by atoms with Crippen LogP contribution < -0.4 is 5.32 Å². The van der Waals surface area contributed by atoms with Gasteiger partial charge in [0.25, 0.3) is 0 Å². The molecule has 0 atom stereocenters. The Balaban J connectivity index is 2.58. The summed E-state index contributed by atoms with van der Waals surface area (Å²) in [5, 5.41) is 3.33. The van der Waals surface area contributed by atoms with E-state index in [-0.39, 0.29) is 18.4 Å². The summed E-state index contributed by atoms with van der Waals surface area (Å²) in [6.45, 7) is 4.99. The minimum atomic E-state index is -0.297. The fraction of sp³-hybridized carbons (Fsp3) is 0.467. The van der Waals surface area contributed by atoms with E-state index in [4.69, 9.17) is 16.3 Å². The number of urea groups is 1. The lowest BCUT2D eigenvalue weighted by Crippen LogP contribution is -2.37. The fourth-order valence-electron chi connectivity index (χ4n) is 1.81. The van der Waals surface area contributed by atoms with Gasteiger partial charge >= 0.3 is 12.0 Å². The number of hydrogen-bond donors (Lipinski definition) is 1. The fourth-order valence-corrected chi connectivity index (χ4v) is 2.00. The third kappa shape index (κ3) is 6.49. The first kappa shape index (κ1) is 17.3. The number of nitrogens with one attached hydrogen (secondary N) is 1. The van der Waals surface area contributed by atoms with Crippen LogP contribution in [0.2, 0.25) is 5.02 Å². The molecule has 6 heteroatoms. The monoisotopic (exact) mass is 312 g/mol. The molecule has 5 nitrogen and oxygen atoms in total. The smallest absolute Gasteiger partial charge is 0.321 e. The second kappa shape index (κ2) is 9.23. The van der Waals surface area contributed by atoms with Gasteiger partial charge in [-0.05, 0) is 31.5 Å². The van der Waals surface area contributed by atoms with Crippen molar-refractivity contribution in [2.75, 3.05) is 25.0 Å². The summed E-state index contributed by atoms with van der Waals surface area (Å²) in [6, 6.07) is 6.69. The number of ether oxygens (including phenoxy) is 1. The molecule has 0 radical (unpaired) electrons. The van der Waals surface area contributed by atoms with Crippen molar-refractivity contribution < 1.29 is 14.3 Å². The number of amides is 2. The van der Waals surface area contributed by atoms with Crippen molar-refractivity contribution in [2.24, 2.45) is 0 Å². The predicted molar refractivity (Wildman–Crippen MR) is 83.6 cm³/mol. The third-order valence-electron chi connectivity index (χ3n) is 2.75. The lowest BCUT2D eigenvalue weighted by atomic mass is 10.3. The first-order valence-electron chi connectivity index (χ1n) is 7.04. The van der Waals surface area contributed by atoms with Crippen LogP contribution in [0.15, 0.2) is 24.3 Å². The lowest BCUT2D eigenvalue weighted by molar-refractivity contribution is -0.143. The van der Waals surface area contributed by atoms with E-state index < -0.39 is 0 Å². The van der Waals surface area contributed by atoms with Gasteiger partial charge in [-0.2, -0.15) is 0 Å². The van der Waals surface area contributed by atoms with Gasteiger partial charge in [0.05, 0.1) is 13.0 Å². The van der Waals surface area contributed by atoms with Crippen molar-refractivity contribution in [1.82, 2.24) is 4.90 Å². The van der Waals surface area contributed by atoms with E-state index in [1.807, 2.05) is 6.92 Å². The molecule has 116 valence electrons. The van der Waals surface area contributed by atoms with Gasteiger partial charge in [0.2, 0.25) is 0 Å². The lowest BCUT2D eigenvalue weighted by Gasteiger charge is -2.22. The first-order valence-corrected chi connectivity index (χ1v) is 7.41. The SMILES string of the molecule is CCCN(CCC(=O)OCC)C(=O)Nc1cccc(Cl)c1. The number of rotatable bonds is 7. The second-order valence-electron chi connectivity index (χ2n) is 4.48. The van der Waals surface area contributed by atoms with Gasteiger partial charge in [-0.25, -0.2) is 4.79 Å². The highest BCUT2D eigenvalue weighted by molar-refractivity contribution is 6.30. The van der Waals surface area contributed by atoms with E-state index in [9.17, 15) is 9.59 Å². The summed E-state index contributed by atoms with van der Waals surface area (Å²) in [4.78, 5) is 25.2. The highest BCUT2D eigenvalue weighted by Gasteiger charge is 2.14. The molecule has 0 saturated carbocycles. The van der Waals surface area contributed by atoms with E-state index in [1.54, 1.807) is 36.1 Å². The Labute approximate surface area is 130 Å². The Morgan fingerprint density at radius 1 is 1.29 bits per heavy atom. The van der Waals surface area contributed by atoms with Gasteiger partial charge in [-0.3, -0.25) is 4.79 Å². The van der Waals surface area contributed by atoms with Crippen molar-refractivity contribution in [3.05, 3.63) is 29.3 Å². The molecule has 0 aliphatic carbocycles. The number of carbonyl (C=O) groups is 2. The highest BCUT2D eigenvalue weighted by Crippen LogP contribution is 2.15. The Kier molecular flexibility index (Phi) is 7.61. The minimum Gasteiger partial charge on any atom is -0.466 e. The predicted octanol–water partition coefficient (Wildman–Crippen LogP) is 3.54. The second-order valence-corrected chi connectivity index (χ2v) is 4.92. The van der Waals surface area contributed by atoms with Gasteiger partial charge in [0.15, 0.2) is 0 Å². The topological polar surface area (TPSA) is 58.6 Å². The molecule has 0 heterocycles. The van der Waals surface area contributed by atoms with Crippen LogP contribution in [0.3, 0.4) is 0 Å². The number of benzene rings is 1. The zero-order valence-electron chi connectivity index (χ0n) is 12.4. The van der Waals surface area contributed by atoms with Gasteiger partial charge in [0.1, 0.15) is 0 Å². The Hall–Kier alpha value is -1.75. The van der Waals surface area contributed by atoms with Crippen molar-refractivity contribution >= 4 is 29.3 Å². The molecule has 0 saturated heterocycles. The maximum atomic E-state index is 12.2. The van der Waals surface area contributed by atoms with Crippen LogP contribution in [0.5, 0.6) is 0 Å². The number of carbonyl (C=O) groups excluding carboxylic acids is 2. The number of hydrogen-bond acceptors (Lipinski definition) is 3. The van der Waals surface area contributed by atoms with Crippen molar-refractivity contribution in [3.63, 3.8) is 0 Å².